The maximum Gasteiger partial charge on any atom is 0.144 e. The summed E-state index contributed by atoms with van der Waals surface area (Å²) in [6, 6.07) is 1.79. The maximum absolute atomic E-state index is 13.2. The maximum atomic E-state index is 13.2. The van der Waals surface area contributed by atoms with Gasteiger partial charge in [-0.1, -0.05) is 0 Å². The second-order valence-electron chi connectivity index (χ2n) is 2.91. The molecule has 1 aromatic rings. The molecule has 0 saturated heterocycles. The van der Waals surface area contributed by atoms with Gasteiger partial charge in [0.25, 0.3) is 0 Å². The van der Waals surface area contributed by atoms with Crippen molar-refractivity contribution in [3.8, 4) is 0 Å². The highest BCUT2D eigenvalue weighted by molar-refractivity contribution is 7.85. The first kappa shape index (κ1) is 12.0. The Bertz CT molecular complexity index is 361. The number of hydrogen-bond acceptors (Lipinski definition) is 2. The predicted octanol–water partition coefficient (Wildman–Crippen LogP) is 2.01. The first-order valence-electron chi connectivity index (χ1n) is 4.25. The minimum Gasteiger partial charge on any atom is -0.399 e. The Kier molecular flexibility index (Phi) is 4.14. The van der Waals surface area contributed by atoms with Crippen molar-refractivity contribution in [2.24, 2.45) is 0 Å². The average molecular weight is 237 g/mol. The fourth-order valence-corrected chi connectivity index (χ4v) is 2.21. The van der Waals surface area contributed by atoms with Gasteiger partial charge in [0.2, 0.25) is 0 Å². The molecule has 0 radical (unpaired) electrons. The van der Waals surface area contributed by atoms with Gasteiger partial charge in [-0.25, -0.2) is 8.78 Å². The molecule has 1 unspecified atom stereocenters. The minimum atomic E-state index is -1.86. The molecule has 6 heteroatoms. The zero-order valence-electron chi connectivity index (χ0n) is 7.80. The molecule has 0 amide bonds. The molecule has 0 fully saturated rings. The molecular weight excluding hydrogens is 227 g/mol. The smallest absolute Gasteiger partial charge is 0.144 e. The van der Waals surface area contributed by atoms with Gasteiger partial charge < -0.3 is 5.73 Å². The van der Waals surface area contributed by atoms with E-state index in [1.165, 1.54) is 0 Å². The average Bonchev–Trinajstić information content (AvgIpc) is 2.12. The van der Waals surface area contributed by atoms with E-state index in [1.807, 2.05) is 0 Å². The first-order chi connectivity index (χ1) is 7.06. The molecule has 1 rings (SSSR count). The van der Waals surface area contributed by atoms with Crippen molar-refractivity contribution >= 4 is 16.5 Å². The monoisotopic (exact) mass is 237 g/mol. The van der Waals surface area contributed by atoms with E-state index >= 15 is 0 Å². The number of nitrogens with two attached hydrogens (primary N) is 1. The van der Waals surface area contributed by atoms with Crippen LogP contribution in [0.25, 0.3) is 0 Å². The van der Waals surface area contributed by atoms with Crippen LogP contribution in [-0.4, -0.2) is 16.6 Å². The summed E-state index contributed by atoms with van der Waals surface area (Å²) in [6.45, 7) is -0.663. The van der Waals surface area contributed by atoms with Gasteiger partial charge in [0, 0.05) is 11.4 Å². The minimum absolute atomic E-state index is 0.00979. The van der Waals surface area contributed by atoms with E-state index in [0.29, 0.717) is 0 Å². The molecule has 15 heavy (non-hydrogen) atoms. The van der Waals surface area contributed by atoms with Gasteiger partial charge in [0.1, 0.15) is 16.5 Å². The zero-order valence-corrected chi connectivity index (χ0v) is 8.62. The van der Waals surface area contributed by atoms with Crippen LogP contribution in [0, 0.1) is 11.6 Å². The van der Waals surface area contributed by atoms with Crippen molar-refractivity contribution in [3.05, 3.63) is 23.8 Å². The van der Waals surface area contributed by atoms with E-state index in [9.17, 15) is 17.4 Å². The van der Waals surface area contributed by atoms with Crippen LogP contribution in [0.4, 0.5) is 18.9 Å². The van der Waals surface area contributed by atoms with E-state index in [4.69, 9.17) is 5.73 Å². The molecule has 1 aromatic carbocycles. The number of alkyl halides is 1. The van der Waals surface area contributed by atoms with E-state index in [-0.39, 0.29) is 17.9 Å². The number of hydrogen-bond donors (Lipinski definition) is 1. The Morgan fingerprint density at radius 3 is 2.27 bits per heavy atom. The van der Waals surface area contributed by atoms with Crippen LogP contribution in [0.3, 0.4) is 0 Å². The first-order valence-corrected chi connectivity index (χ1v) is 5.57. The highest BCUT2D eigenvalue weighted by atomic mass is 32.2. The molecule has 84 valence electrons. The summed E-state index contributed by atoms with van der Waals surface area (Å²) < 4.78 is 49.5. The summed E-state index contributed by atoms with van der Waals surface area (Å²) in [5.41, 5.74) is 5.12. The number of benzene rings is 1. The Morgan fingerprint density at radius 1 is 1.27 bits per heavy atom. The molecule has 2 nitrogen and oxygen atoms in total. The van der Waals surface area contributed by atoms with Crippen molar-refractivity contribution in [1.29, 1.82) is 0 Å². The van der Waals surface area contributed by atoms with Crippen molar-refractivity contribution in [2.45, 2.75) is 11.3 Å². The lowest BCUT2D eigenvalue weighted by Gasteiger charge is -2.05. The largest absolute Gasteiger partial charge is 0.399 e. The molecule has 0 aliphatic heterocycles. The highest BCUT2D eigenvalue weighted by Gasteiger charge is 2.16. The van der Waals surface area contributed by atoms with Crippen LogP contribution in [0.1, 0.15) is 6.42 Å². The molecule has 0 aliphatic carbocycles. The standard InChI is InChI=1S/C9H10F3NOS/c10-2-1-3-15(14)9-7(11)4-6(13)5-8(9)12/h4-5H,1-3,13H2. The van der Waals surface area contributed by atoms with Crippen molar-refractivity contribution < 1.29 is 17.4 Å². The summed E-state index contributed by atoms with van der Waals surface area (Å²) in [5.74, 6) is -2.01. The van der Waals surface area contributed by atoms with Gasteiger partial charge in [-0.2, -0.15) is 0 Å². The fourth-order valence-electron chi connectivity index (χ4n) is 1.08. The van der Waals surface area contributed by atoms with Crippen LogP contribution in [0.15, 0.2) is 17.0 Å². The molecular formula is C9H10F3NOS. The summed E-state index contributed by atoms with van der Waals surface area (Å²) in [6.07, 6.45) is 0.00979. The van der Waals surface area contributed by atoms with Crippen LogP contribution in [0.2, 0.25) is 0 Å². The van der Waals surface area contributed by atoms with Crippen molar-refractivity contribution in [3.63, 3.8) is 0 Å². The third-order valence-corrected chi connectivity index (χ3v) is 3.22. The molecule has 0 aromatic heterocycles. The third kappa shape index (κ3) is 2.95. The predicted molar refractivity (Wildman–Crippen MR) is 52.6 cm³/mol. The van der Waals surface area contributed by atoms with E-state index in [1.54, 1.807) is 0 Å². The Balaban J connectivity index is 2.98. The van der Waals surface area contributed by atoms with Gasteiger partial charge in [-0.05, 0) is 18.6 Å². The van der Waals surface area contributed by atoms with Crippen LogP contribution in [0.5, 0.6) is 0 Å². The second-order valence-corrected chi connectivity index (χ2v) is 4.41. The van der Waals surface area contributed by atoms with Gasteiger partial charge in [-0.15, -0.1) is 0 Å². The summed E-state index contributed by atoms with van der Waals surface area (Å²) >= 11 is 0. The lowest BCUT2D eigenvalue weighted by Crippen LogP contribution is -2.05. The molecule has 0 bridgehead atoms. The summed E-state index contributed by atoms with van der Waals surface area (Å²) in [4.78, 5) is -0.530. The highest BCUT2D eigenvalue weighted by Crippen LogP contribution is 2.20. The van der Waals surface area contributed by atoms with Gasteiger partial charge in [-0.3, -0.25) is 8.60 Å². The van der Waals surface area contributed by atoms with Gasteiger partial charge >= 0.3 is 0 Å². The van der Waals surface area contributed by atoms with Crippen molar-refractivity contribution in [1.82, 2.24) is 0 Å². The van der Waals surface area contributed by atoms with E-state index in [0.717, 1.165) is 12.1 Å². The SMILES string of the molecule is Nc1cc(F)c(S(=O)CCCF)c(F)c1. The summed E-state index contributed by atoms with van der Waals surface area (Å²) in [7, 11) is -1.86. The normalized spacial score (nSPS) is 12.7. The lowest BCUT2D eigenvalue weighted by molar-refractivity contribution is 0.486. The van der Waals surface area contributed by atoms with Crippen molar-refractivity contribution in [2.75, 3.05) is 18.2 Å². The Hall–Kier alpha value is -1.04. The molecule has 0 saturated carbocycles. The third-order valence-electron chi connectivity index (χ3n) is 1.71. The molecule has 0 heterocycles. The number of anilines is 1. The van der Waals surface area contributed by atoms with Crippen LogP contribution in [-0.2, 0) is 10.8 Å². The number of halogens is 3. The van der Waals surface area contributed by atoms with E-state index in [2.05, 4.69) is 0 Å². The fraction of sp³-hybridized carbons (Fsp3) is 0.333. The van der Waals surface area contributed by atoms with Gasteiger partial charge in [0.05, 0.1) is 17.5 Å². The Morgan fingerprint density at radius 2 is 1.80 bits per heavy atom. The zero-order chi connectivity index (χ0) is 11.4. The van der Waals surface area contributed by atoms with E-state index < -0.39 is 34.0 Å². The molecule has 2 N–H and O–H groups in total. The molecule has 1 atom stereocenters. The molecule has 0 spiro atoms. The quantitative estimate of drug-likeness (QED) is 0.814. The molecule has 0 aliphatic rings. The topological polar surface area (TPSA) is 43.1 Å². The number of nitrogen functional groups attached to an aromatic ring is 1. The van der Waals surface area contributed by atoms with Gasteiger partial charge in [0.15, 0.2) is 0 Å². The second kappa shape index (κ2) is 5.16. The lowest BCUT2D eigenvalue weighted by atomic mass is 10.3. The van der Waals surface area contributed by atoms with Crippen LogP contribution >= 0.6 is 0 Å². The van der Waals surface area contributed by atoms with Crippen LogP contribution < -0.4 is 5.73 Å². The number of rotatable bonds is 4. The summed E-state index contributed by atoms with van der Waals surface area (Å²) in [5, 5.41) is 0. The Labute approximate surface area is 87.7 Å².